The van der Waals surface area contributed by atoms with Crippen molar-refractivity contribution in [1.82, 2.24) is 0 Å². The van der Waals surface area contributed by atoms with Gasteiger partial charge in [0, 0.05) is 6.61 Å². The van der Waals surface area contributed by atoms with Crippen molar-refractivity contribution in [1.29, 1.82) is 0 Å². The van der Waals surface area contributed by atoms with Gasteiger partial charge in [-0.3, -0.25) is 0 Å². The Hall–Kier alpha value is -0.240. The first-order valence-electron chi connectivity index (χ1n) is 6.44. The SMILES string of the molecule is CCCCC(O)CO.OCC1OCCC(O)C1O. The first-order valence-corrected chi connectivity index (χ1v) is 6.44. The predicted octanol–water partition coefficient (Wildman–Crippen LogP) is -0.981. The van der Waals surface area contributed by atoms with E-state index in [2.05, 4.69) is 6.92 Å². The smallest absolute Gasteiger partial charge is 0.109 e. The monoisotopic (exact) mass is 266 g/mol. The van der Waals surface area contributed by atoms with E-state index in [0.29, 0.717) is 13.0 Å². The second kappa shape index (κ2) is 10.7. The minimum absolute atomic E-state index is 0.0972. The van der Waals surface area contributed by atoms with Crippen LogP contribution in [0.2, 0.25) is 0 Å². The molecule has 1 aliphatic rings. The van der Waals surface area contributed by atoms with Gasteiger partial charge in [0.15, 0.2) is 0 Å². The lowest BCUT2D eigenvalue weighted by Gasteiger charge is -2.30. The van der Waals surface area contributed by atoms with Gasteiger partial charge in [-0.25, -0.2) is 0 Å². The van der Waals surface area contributed by atoms with E-state index in [1.807, 2.05) is 0 Å². The second-order valence-electron chi connectivity index (χ2n) is 4.42. The highest BCUT2D eigenvalue weighted by molar-refractivity contribution is 4.79. The van der Waals surface area contributed by atoms with Crippen LogP contribution in [-0.4, -0.2) is 69.8 Å². The summed E-state index contributed by atoms with van der Waals surface area (Å²) < 4.78 is 4.95. The molecular weight excluding hydrogens is 240 g/mol. The number of unbranched alkanes of at least 4 members (excludes halogenated alkanes) is 1. The van der Waals surface area contributed by atoms with Gasteiger partial charge in [-0.1, -0.05) is 19.8 Å². The van der Waals surface area contributed by atoms with Crippen molar-refractivity contribution in [3.63, 3.8) is 0 Å². The molecule has 0 radical (unpaired) electrons. The third-order valence-electron chi connectivity index (χ3n) is 2.80. The van der Waals surface area contributed by atoms with Crippen LogP contribution in [0.4, 0.5) is 0 Å². The molecule has 0 aromatic heterocycles. The Morgan fingerprint density at radius 3 is 2.39 bits per heavy atom. The maximum atomic E-state index is 9.10. The largest absolute Gasteiger partial charge is 0.394 e. The zero-order chi connectivity index (χ0) is 14.0. The summed E-state index contributed by atoms with van der Waals surface area (Å²) in [5.41, 5.74) is 0. The van der Waals surface area contributed by atoms with Gasteiger partial charge in [0.2, 0.25) is 0 Å². The predicted molar refractivity (Wildman–Crippen MR) is 66.1 cm³/mol. The molecule has 5 N–H and O–H groups in total. The summed E-state index contributed by atoms with van der Waals surface area (Å²) in [6.07, 6.45) is 0.479. The van der Waals surface area contributed by atoms with E-state index >= 15 is 0 Å². The van der Waals surface area contributed by atoms with Crippen molar-refractivity contribution in [2.45, 2.75) is 57.0 Å². The Morgan fingerprint density at radius 2 is 1.94 bits per heavy atom. The molecule has 18 heavy (non-hydrogen) atoms. The minimum atomic E-state index is -0.932. The lowest BCUT2D eigenvalue weighted by molar-refractivity contribution is -0.147. The minimum Gasteiger partial charge on any atom is -0.394 e. The Labute approximate surface area is 108 Å². The second-order valence-corrected chi connectivity index (χ2v) is 4.42. The van der Waals surface area contributed by atoms with E-state index in [0.717, 1.165) is 19.3 Å². The number of aliphatic hydroxyl groups is 5. The first kappa shape index (κ1) is 17.8. The molecule has 6 nitrogen and oxygen atoms in total. The van der Waals surface area contributed by atoms with Crippen LogP contribution in [0, 0.1) is 0 Å². The molecule has 0 aromatic carbocycles. The van der Waals surface area contributed by atoms with Crippen LogP contribution in [0.25, 0.3) is 0 Å². The summed E-state index contributed by atoms with van der Waals surface area (Å²) in [6, 6.07) is 0. The van der Waals surface area contributed by atoms with Crippen LogP contribution in [-0.2, 0) is 4.74 Å². The van der Waals surface area contributed by atoms with Gasteiger partial charge >= 0.3 is 0 Å². The maximum Gasteiger partial charge on any atom is 0.109 e. The van der Waals surface area contributed by atoms with Crippen LogP contribution in [0.3, 0.4) is 0 Å². The van der Waals surface area contributed by atoms with Crippen LogP contribution in [0.5, 0.6) is 0 Å². The highest BCUT2D eigenvalue weighted by atomic mass is 16.5. The molecule has 6 heteroatoms. The Morgan fingerprint density at radius 1 is 1.28 bits per heavy atom. The summed E-state index contributed by atoms with van der Waals surface area (Å²) in [4.78, 5) is 0. The highest BCUT2D eigenvalue weighted by Crippen LogP contribution is 2.13. The Kier molecular flexibility index (Phi) is 10.5. The van der Waals surface area contributed by atoms with Gasteiger partial charge in [0.05, 0.1) is 25.4 Å². The zero-order valence-electron chi connectivity index (χ0n) is 10.9. The molecule has 1 saturated heterocycles. The first-order chi connectivity index (χ1) is 8.56. The normalized spacial score (nSPS) is 29.3. The van der Waals surface area contributed by atoms with Crippen LogP contribution in [0.15, 0.2) is 0 Å². The fourth-order valence-corrected chi connectivity index (χ4v) is 1.55. The van der Waals surface area contributed by atoms with Gasteiger partial charge in [-0.2, -0.15) is 0 Å². The number of rotatable bonds is 5. The topological polar surface area (TPSA) is 110 Å². The van der Waals surface area contributed by atoms with Gasteiger partial charge in [0.25, 0.3) is 0 Å². The van der Waals surface area contributed by atoms with Crippen molar-refractivity contribution in [2.75, 3.05) is 19.8 Å². The van der Waals surface area contributed by atoms with Crippen molar-refractivity contribution in [3.8, 4) is 0 Å². The molecule has 0 bridgehead atoms. The number of hydrogen-bond donors (Lipinski definition) is 5. The Bertz CT molecular complexity index is 189. The molecule has 1 aliphatic heterocycles. The molecular formula is C12H26O6. The molecule has 4 unspecified atom stereocenters. The van der Waals surface area contributed by atoms with E-state index in [-0.39, 0.29) is 13.2 Å². The molecule has 4 atom stereocenters. The Balaban J connectivity index is 0.000000331. The third kappa shape index (κ3) is 7.25. The molecule has 1 fully saturated rings. The van der Waals surface area contributed by atoms with Crippen LogP contribution in [0.1, 0.15) is 32.6 Å². The summed E-state index contributed by atoms with van der Waals surface area (Å²) in [7, 11) is 0. The lowest BCUT2D eigenvalue weighted by atomic mass is 10.0. The van der Waals surface area contributed by atoms with E-state index in [9.17, 15) is 0 Å². The molecule has 1 rings (SSSR count). The van der Waals surface area contributed by atoms with Gasteiger partial charge < -0.3 is 30.3 Å². The molecule has 0 spiro atoms. The van der Waals surface area contributed by atoms with E-state index in [1.54, 1.807) is 0 Å². The fourth-order valence-electron chi connectivity index (χ4n) is 1.55. The van der Waals surface area contributed by atoms with Crippen molar-refractivity contribution in [2.24, 2.45) is 0 Å². The zero-order valence-corrected chi connectivity index (χ0v) is 10.9. The summed E-state index contributed by atoms with van der Waals surface area (Å²) in [5, 5.41) is 43.8. The number of ether oxygens (including phenoxy) is 1. The average molecular weight is 266 g/mol. The van der Waals surface area contributed by atoms with E-state index < -0.39 is 24.4 Å². The standard InChI is InChI=1S/C6H12O4.C6H14O2/c7-3-5-6(9)4(8)1-2-10-5;1-2-3-4-6(8)5-7/h4-9H,1-3H2;6-8H,2-5H2,1H3. The van der Waals surface area contributed by atoms with Gasteiger partial charge in [-0.15, -0.1) is 0 Å². The number of aliphatic hydroxyl groups excluding tert-OH is 5. The highest BCUT2D eigenvalue weighted by Gasteiger charge is 2.30. The summed E-state index contributed by atoms with van der Waals surface area (Å²) in [6.45, 7) is 2.13. The molecule has 1 heterocycles. The lowest BCUT2D eigenvalue weighted by Crippen LogP contribution is -2.46. The molecule has 0 amide bonds. The molecule has 110 valence electrons. The van der Waals surface area contributed by atoms with Crippen molar-refractivity contribution in [3.05, 3.63) is 0 Å². The third-order valence-corrected chi connectivity index (χ3v) is 2.80. The molecule has 0 aromatic rings. The molecule has 0 aliphatic carbocycles. The van der Waals surface area contributed by atoms with E-state index in [1.165, 1.54) is 0 Å². The van der Waals surface area contributed by atoms with Crippen molar-refractivity contribution < 1.29 is 30.3 Å². The quantitative estimate of drug-likeness (QED) is 0.437. The van der Waals surface area contributed by atoms with Gasteiger partial charge in [-0.05, 0) is 12.8 Å². The summed E-state index contributed by atoms with van der Waals surface area (Å²) >= 11 is 0. The van der Waals surface area contributed by atoms with Crippen LogP contribution >= 0.6 is 0 Å². The number of hydrogen-bond acceptors (Lipinski definition) is 6. The fraction of sp³-hybridized carbons (Fsp3) is 1.00. The molecule has 0 saturated carbocycles. The average Bonchev–Trinajstić information content (AvgIpc) is 2.40. The van der Waals surface area contributed by atoms with Gasteiger partial charge in [0.1, 0.15) is 12.2 Å². The van der Waals surface area contributed by atoms with Crippen LogP contribution < -0.4 is 0 Å². The van der Waals surface area contributed by atoms with Crippen molar-refractivity contribution >= 4 is 0 Å². The summed E-state index contributed by atoms with van der Waals surface area (Å²) in [5.74, 6) is 0. The van der Waals surface area contributed by atoms with E-state index in [4.69, 9.17) is 30.3 Å². The maximum absolute atomic E-state index is 9.10.